The summed E-state index contributed by atoms with van der Waals surface area (Å²) < 4.78 is 23.0. The molecule has 0 atom stereocenters. The first-order valence-corrected chi connectivity index (χ1v) is 12.9. The standard InChI is InChI=1S/C18H18O2.C16H14O2/c1-3-19-17-13-9-5-7-11-15(13)18(20-4-2)16-12-8-6-10-14(16)17;1-17-15-11-7-3-5-9-13(11)16(18-2)14-10-6-4-8-12(14)15/h5-12H,3-4H2,1-2H3;3-10H,1-2H3. The molecule has 0 saturated carbocycles. The summed E-state index contributed by atoms with van der Waals surface area (Å²) in [6.07, 6.45) is 0. The van der Waals surface area contributed by atoms with Gasteiger partial charge in [0.25, 0.3) is 0 Å². The molecule has 6 aromatic rings. The monoisotopic (exact) mass is 504 g/mol. The Hall–Kier alpha value is -4.44. The van der Waals surface area contributed by atoms with Crippen molar-refractivity contribution in [2.24, 2.45) is 0 Å². The van der Waals surface area contributed by atoms with Crippen LogP contribution < -0.4 is 18.9 Å². The van der Waals surface area contributed by atoms with Crippen LogP contribution in [-0.2, 0) is 0 Å². The zero-order valence-electron chi connectivity index (χ0n) is 22.3. The molecule has 0 N–H and O–H groups in total. The van der Waals surface area contributed by atoms with Crippen molar-refractivity contribution in [1.82, 2.24) is 0 Å². The van der Waals surface area contributed by atoms with Crippen LogP contribution in [0.5, 0.6) is 23.0 Å². The summed E-state index contributed by atoms with van der Waals surface area (Å²) in [5.74, 6) is 3.70. The molecular weight excluding hydrogens is 472 g/mol. The summed E-state index contributed by atoms with van der Waals surface area (Å²) in [6.45, 7) is 5.34. The Morgan fingerprint density at radius 1 is 0.368 bits per heavy atom. The maximum Gasteiger partial charge on any atom is 0.135 e. The maximum atomic E-state index is 5.91. The predicted molar refractivity (Wildman–Crippen MR) is 158 cm³/mol. The zero-order chi connectivity index (χ0) is 26.5. The molecule has 0 aliphatic carbocycles. The second kappa shape index (κ2) is 11.3. The molecule has 0 unspecified atom stereocenters. The van der Waals surface area contributed by atoms with Gasteiger partial charge < -0.3 is 18.9 Å². The molecule has 0 saturated heterocycles. The summed E-state index contributed by atoms with van der Waals surface area (Å²) in [5, 5.41) is 8.75. The molecule has 6 aromatic carbocycles. The maximum absolute atomic E-state index is 5.91. The highest BCUT2D eigenvalue weighted by molar-refractivity contribution is 6.12. The lowest BCUT2D eigenvalue weighted by molar-refractivity contribution is 0.342. The molecule has 6 rings (SSSR count). The second-order valence-electron chi connectivity index (χ2n) is 8.77. The van der Waals surface area contributed by atoms with E-state index in [1.807, 2.05) is 62.4 Å². The van der Waals surface area contributed by atoms with Crippen LogP contribution in [0.25, 0.3) is 43.1 Å². The van der Waals surface area contributed by atoms with Crippen molar-refractivity contribution in [2.45, 2.75) is 13.8 Å². The number of benzene rings is 6. The van der Waals surface area contributed by atoms with Gasteiger partial charge in [-0.15, -0.1) is 0 Å². The predicted octanol–water partition coefficient (Wildman–Crippen LogP) is 8.80. The Balaban J connectivity index is 0.000000156. The fourth-order valence-electron chi connectivity index (χ4n) is 5.14. The Morgan fingerprint density at radius 2 is 0.579 bits per heavy atom. The average Bonchev–Trinajstić information content (AvgIpc) is 2.98. The van der Waals surface area contributed by atoms with Crippen molar-refractivity contribution in [1.29, 1.82) is 0 Å². The van der Waals surface area contributed by atoms with Gasteiger partial charge in [-0.2, -0.15) is 0 Å². The minimum atomic E-state index is 0.655. The third-order valence-corrected chi connectivity index (χ3v) is 6.65. The van der Waals surface area contributed by atoms with Gasteiger partial charge in [-0.1, -0.05) is 97.1 Å². The fourth-order valence-corrected chi connectivity index (χ4v) is 5.14. The first-order chi connectivity index (χ1) is 18.7. The first kappa shape index (κ1) is 25.2. The molecule has 4 heteroatoms. The second-order valence-corrected chi connectivity index (χ2v) is 8.77. The van der Waals surface area contributed by atoms with Crippen molar-refractivity contribution >= 4 is 43.1 Å². The van der Waals surface area contributed by atoms with Crippen LogP contribution in [0.15, 0.2) is 97.1 Å². The Bertz CT molecular complexity index is 1480. The van der Waals surface area contributed by atoms with E-state index < -0.39 is 0 Å². The Morgan fingerprint density at radius 3 is 0.763 bits per heavy atom. The molecule has 0 heterocycles. The van der Waals surface area contributed by atoms with Gasteiger partial charge in [-0.3, -0.25) is 0 Å². The summed E-state index contributed by atoms with van der Waals surface area (Å²) in [5.41, 5.74) is 0. The number of methoxy groups -OCH3 is 2. The highest BCUT2D eigenvalue weighted by Gasteiger charge is 2.15. The molecule has 4 nitrogen and oxygen atoms in total. The summed E-state index contributed by atoms with van der Waals surface area (Å²) in [4.78, 5) is 0. The van der Waals surface area contributed by atoms with Crippen molar-refractivity contribution in [3.63, 3.8) is 0 Å². The van der Waals surface area contributed by atoms with E-state index >= 15 is 0 Å². The molecule has 0 bridgehead atoms. The van der Waals surface area contributed by atoms with Gasteiger partial charge >= 0.3 is 0 Å². The van der Waals surface area contributed by atoms with Crippen LogP contribution >= 0.6 is 0 Å². The molecular formula is C34H32O4. The molecule has 0 aliphatic rings. The van der Waals surface area contributed by atoms with E-state index in [2.05, 4.69) is 48.5 Å². The van der Waals surface area contributed by atoms with Crippen LogP contribution in [-0.4, -0.2) is 27.4 Å². The number of rotatable bonds is 6. The van der Waals surface area contributed by atoms with E-state index in [4.69, 9.17) is 18.9 Å². The SMILES string of the molecule is CCOc1c2ccccc2c(OCC)c2ccccc12.COc1c2ccccc2c(OC)c2ccccc12. The van der Waals surface area contributed by atoms with Gasteiger partial charge in [0.2, 0.25) is 0 Å². The highest BCUT2D eigenvalue weighted by atomic mass is 16.5. The van der Waals surface area contributed by atoms with Gasteiger partial charge in [0, 0.05) is 43.1 Å². The third kappa shape index (κ3) is 4.43. The Labute approximate surface area is 223 Å². The van der Waals surface area contributed by atoms with Crippen molar-refractivity contribution in [3.05, 3.63) is 97.1 Å². The summed E-state index contributed by atoms with van der Waals surface area (Å²) in [7, 11) is 3.42. The molecule has 0 spiro atoms. The highest BCUT2D eigenvalue weighted by Crippen LogP contribution is 2.43. The van der Waals surface area contributed by atoms with Gasteiger partial charge in [-0.05, 0) is 13.8 Å². The first-order valence-electron chi connectivity index (χ1n) is 12.9. The van der Waals surface area contributed by atoms with Gasteiger partial charge in [0.05, 0.1) is 27.4 Å². The molecule has 0 fully saturated rings. The van der Waals surface area contributed by atoms with Crippen LogP contribution in [0.2, 0.25) is 0 Å². The molecule has 192 valence electrons. The smallest absolute Gasteiger partial charge is 0.135 e. The van der Waals surface area contributed by atoms with Crippen LogP contribution in [0.1, 0.15) is 13.8 Å². The molecule has 0 radical (unpaired) electrons. The lowest BCUT2D eigenvalue weighted by Gasteiger charge is -2.16. The van der Waals surface area contributed by atoms with Crippen LogP contribution in [0.3, 0.4) is 0 Å². The lowest BCUT2D eigenvalue weighted by Crippen LogP contribution is -1.98. The van der Waals surface area contributed by atoms with Crippen LogP contribution in [0.4, 0.5) is 0 Å². The largest absolute Gasteiger partial charge is 0.495 e. The third-order valence-electron chi connectivity index (χ3n) is 6.65. The van der Waals surface area contributed by atoms with E-state index in [1.54, 1.807) is 14.2 Å². The topological polar surface area (TPSA) is 36.9 Å². The van der Waals surface area contributed by atoms with E-state index in [0.717, 1.165) is 66.1 Å². The Kier molecular flexibility index (Phi) is 7.50. The molecule has 38 heavy (non-hydrogen) atoms. The number of fused-ring (bicyclic) bond motifs is 4. The summed E-state index contributed by atoms with van der Waals surface area (Å²) >= 11 is 0. The van der Waals surface area contributed by atoms with E-state index in [1.165, 1.54) is 0 Å². The van der Waals surface area contributed by atoms with Gasteiger partial charge in [0.1, 0.15) is 23.0 Å². The van der Waals surface area contributed by atoms with Crippen molar-refractivity contribution in [2.75, 3.05) is 27.4 Å². The number of hydrogen-bond acceptors (Lipinski definition) is 4. The number of ether oxygens (including phenoxy) is 4. The van der Waals surface area contributed by atoms with Gasteiger partial charge in [0.15, 0.2) is 0 Å². The average molecular weight is 505 g/mol. The fraction of sp³-hybridized carbons (Fsp3) is 0.176. The minimum Gasteiger partial charge on any atom is -0.495 e. The lowest BCUT2D eigenvalue weighted by atomic mass is 10.0. The van der Waals surface area contributed by atoms with E-state index in [-0.39, 0.29) is 0 Å². The van der Waals surface area contributed by atoms with Crippen molar-refractivity contribution in [3.8, 4) is 23.0 Å². The zero-order valence-corrected chi connectivity index (χ0v) is 22.3. The number of hydrogen-bond donors (Lipinski definition) is 0. The molecule has 0 aromatic heterocycles. The van der Waals surface area contributed by atoms with E-state index in [9.17, 15) is 0 Å². The van der Waals surface area contributed by atoms with Crippen molar-refractivity contribution < 1.29 is 18.9 Å². The minimum absolute atomic E-state index is 0.655. The molecule has 0 aliphatic heterocycles. The van der Waals surface area contributed by atoms with E-state index in [0.29, 0.717) is 13.2 Å². The normalized spacial score (nSPS) is 10.8. The summed E-state index contributed by atoms with van der Waals surface area (Å²) in [6, 6.07) is 32.8. The van der Waals surface area contributed by atoms with Gasteiger partial charge in [-0.25, -0.2) is 0 Å². The van der Waals surface area contributed by atoms with Crippen LogP contribution in [0, 0.1) is 0 Å². The quantitative estimate of drug-likeness (QED) is 0.212. The molecule has 0 amide bonds.